The SMILES string of the molecule is COc1ccc(C(=O)CSc2nnc(Nc3ccc(C)cc3)s2)c(OC)c1. The minimum atomic E-state index is -0.0391. The number of nitrogens with one attached hydrogen (secondary N) is 1. The lowest BCUT2D eigenvalue weighted by Crippen LogP contribution is -2.05. The van der Waals surface area contributed by atoms with Gasteiger partial charge in [-0.25, -0.2) is 0 Å². The molecule has 0 saturated heterocycles. The average Bonchev–Trinajstić information content (AvgIpc) is 3.14. The molecule has 27 heavy (non-hydrogen) atoms. The number of aromatic nitrogens is 2. The van der Waals surface area contributed by atoms with Crippen molar-refractivity contribution in [3.63, 3.8) is 0 Å². The summed E-state index contributed by atoms with van der Waals surface area (Å²) >= 11 is 2.77. The Hall–Kier alpha value is -2.58. The Morgan fingerprint density at radius 2 is 1.89 bits per heavy atom. The third-order valence-corrected chi connectivity index (χ3v) is 5.72. The van der Waals surface area contributed by atoms with Gasteiger partial charge in [0.1, 0.15) is 11.5 Å². The van der Waals surface area contributed by atoms with Gasteiger partial charge in [-0.3, -0.25) is 4.79 Å². The number of nitrogens with zero attached hydrogens (tertiary/aromatic N) is 2. The van der Waals surface area contributed by atoms with Gasteiger partial charge in [0.15, 0.2) is 10.1 Å². The lowest BCUT2D eigenvalue weighted by atomic mass is 10.1. The minimum Gasteiger partial charge on any atom is -0.497 e. The van der Waals surface area contributed by atoms with Crippen LogP contribution in [0.25, 0.3) is 0 Å². The Kier molecular flexibility index (Phi) is 6.31. The first-order valence-corrected chi connectivity index (χ1v) is 9.94. The van der Waals surface area contributed by atoms with Crippen LogP contribution in [0.5, 0.6) is 11.5 Å². The van der Waals surface area contributed by atoms with Crippen molar-refractivity contribution >= 4 is 39.7 Å². The first kappa shape index (κ1) is 19.2. The van der Waals surface area contributed by atoms with Crippen LogP contribution in [0, 0.1) is 6.92 Å². The fourth-order valence-electron chi connectivity index (χ4n) is 2.31. The first-order chi connectivity index (χ1) is 13.1. The van der Waals surface area contributed by atoms with Gasteiger partial charge in [-0.05, 0) is 31.2 Å². The molecule has 1 N–H and O–H groups in total. The van der Waals surface area contributed by atoms with Crippen molar-refractivity contribution in [3.05, 3.63) is 53.6 Å². The monoisotopic (exact) mass is 401 g/mol. The normalized spacial score (nSPS) is 10.5. The number of methoxy groups -OCH3 is 2. The molecule has 2 aromatic carbocycles. The van der Waals surface area contributed by atoms with Crippen LogP contribution in [0.4, 0.5) is 10.8 Å². The van der Waals surface area contributed by atoms with Crippen LogP contribution >= 0.6 is 23.1 Å². The van der Waals surface area contributed by atoms with Crippen LogP contribution in [-0.2, 0) is 0 Å². The van der Waals surface area contributed by atoms with Gasteiger partial charge in [0.05, 0.1) is 25.5 Å². The van der Waals surface area contributed by atoms with Crippen LogP contribution < -0.4 is 14.8 Å². The maximum atomic E-state index is 12.5. The van der Waals surface area contributed by atoms with E-state index in [1.54, 1.807) is 25.3 Å². The van der Waals surface area contributed by atoms with Gasteiger partial charge in [-0.1, -0.05) is 40.8 Å². The van der Waals surface area contributed by atoms with Crippen molar-refractivity contribution in [3.8, 4) is 11.5 Å². The maximum Gasteiger partial charge on any atom is 0.210 e. The minimum absolute atomic E-state index is 0.0391. The quantitative estimate of drug-likeness (QED) is 0.437. The highest BCUT2D eigenvalue weighted by atomic mass is 32.2. The second kappa shape index (κ2) is 8.88. The average molecular weight is 402 g/mol. The van der Waals surface area contributed by atoms with E-state index in [1.165, 1.54) is 35.8 Å². The summed E-state index contributed by atoms with van der Waals surface area (Å²) in [6, 6.07) is 13.2. The molecule has 0 atom stereocenters. The van der Waals surface area contributed by atoms with Crippen molar-refractivity contribution in [1.82, 2.24) is 10.2 Å². The van der Waals surface area contributed by atoms with Crippen molar-refractivity contribution in [2.45, 2.75) is 11.3 Å². The lowest BCUT2D eigenvalue weighted by Gasteiger charge is -2.09. The van der Waals surface area contributed by atoms with Crippen LogP contribution in [0.2, 0.25) is 0 Å². The summed E-state index contributed by atoms with van der Waals surface area (Å²) in [5.74, 6) is 1.36. The van der Waals surface area contributed by atoms with Gasteiger partial charge < -0.3 is 14.8 Å². The maximum absolute atomic E-state index is 12.5. The van der Waals surface area contributed by atoms with E-state index in [9.17, 15) is 4.79 Å². The summed E-state index contributed by atoms with van der Waals surface area (Å²) < 4.78 is 11.2. The van der Waals surface area contributed by atoms with E-state index in [4.69, 9.17) is 9.47 Å². The number of benzene rings is 2. The van der Waals surface area contributed by atoms with Crippen LogP contribution in [0.15, 0.2) is 46.8 Å². The van der Waals surface area contributed by atoms with Crippen LogP contribution in [0.1, 0.15) is 15.9 Å². The van der Waals surface area contributed by atoms with Gasteiger partial charge in [0, 0.05) is 11.8 Å². The summed E-state index contributed by atoms with van der Waals surface area (Å²) in [7, 11) is 3.11. The molecular formula is C19H19N3O3S2. The van der Waals surface area contributed by atoms with E-state index in [-0.39, 0.29) is 11.5 Å². The second-order valence-electron chi connectivity index (χ2n) is 5.64. The molecule has 0 unspecified atom stereocenters. The number of rotatable bonds is 8. The number of aryl methyl sites for hydroxylation is 1. The molecule has 0 bridgehead atoms. The number of carbonyl (C=O) groups excluding carboxylic acids is 1. The molecule has 140 valence electrons. The zero-order chi connectivity index (χ0) is 19.2. The number of anilines is 2. The van der Waals surface area contributed by atoms with Crippen LogP contribution in [0.3, 0.4) is 0 Å². The van der Waals surface area contributed by atoms with Gasteiger partial charge in [-0.15, -0.1) is 10.2 Å². The number of carbonyl (C=O) groups is 1. The van der Waals surface area contributed by atoms with E-state index in [2.05, 4.69) is 15.5 Å². The summed E-state index contributed by atoms with van der Waals surface area (Å²) in [5, 5.41) is 12.2. The van der Waals surface area contributed by atoms with Crippen molar-refractivity contribution in [2.24, 2.45) is 0 Å². The van der Waals surface area contributed by atoms with Crippen molar-refractivity contribution < 1.29 is 14.3 Å². The van der Waals surface area contributed by atoms with E-state index in [0.717, 1.165) is 10.0 Å². The Morgan fingerprint density at radius 3 is 2.59 bits per heavy atom. The highest BCUT2D eigenvalue weighted by Gasteiger charge is 2.15. The zero-order valence-corrected chi connectivity index (χ0v) is 16.8. The summed E-state index contributed by atoms with van der Waals surface area (Å²) in [6.07, 6.45) is 0. The van der Waals surface area contributed by atoms with Gasteiger partial charge in [-0.2, -0.15) is 0 Å². The van der Waals surface area contributed by atoms with Crippen LogP contribution in [-0.4, -0.2) is 36.0 Å². The fourth-order valence-corrected chi connectivity index (χ4v) is 3.97. The molecule has 1 aromatic heterocycles. The third kappa shape index (κ3) is 4.99. The molecule has 0 aliphatic rings. The lowest BCUT2D eigenvalue weighted by molar-refractivity contribution is 0.101. The molecule has 0 aliphatic heterocycles. The summed E-state index contributed by atoms with van der Waals surface area (Å²) in [4.78, 5) is 12.5. The van der Waals surface area contributed by atoms with E-state index < -0.39 is 0 Å². The number of hydrogen-bond donors (Lipinski definition) is 1. The smallest absolute Gasteiger partial charge is 0.210 e. The molecule has 0 amide bonds. The fraction of sp³-hybridized carbons (Fsp3) is 0.211. The molecule has 8 heteroatoms. The first-order valence-electron chi connectivity index (χ1n) is 8.14. The molecular weight excluding hydrogens is 382 g/mol. The number of hydrogen-bond acceptors (Lipinski definition) is 8. The van der Waals surface area contributed by atoms with Gasteiger partial charge >= 0.3 is 0 Å². The van der Waals surface area contributed by atoms with E-state index in [0.29, 0.717) is 22.2 Å². The third-order valence-electron chi connectivity index (χ3n) is 3.75. The van der Waals surface area contributed by atoms with Gasteiger partial charge in [0.2, 0.25) is 5.13 Å². The highest BCUT2D eigenvalue weighted by Crippen LogP contribution is 2.30. The number of ether oxygens (including phenoxy) is 2. The molecule has 3 aromatic rings. The molecule has 0 spiro atoms. The highest BCUT2D eigenvalue weighted by molar-refractivity contribution is 8.01. The number of thioether (sulfide) groups is 1. The molecule has 3 rings (SSSR count). The Bertz CT molecular complexity index is 926. The standard InChI is InChI=1S/C19H19N3O3S2/c1-12-4-6-13(7-5-12)20-18-21-22-19(27-18)26-11-16(23)15-9-8-14(24-2)10-17(15)25-3/h4-10H,11H2,1-3H3,(H,20,21). The van der Waals surface area contributed by atoms with Gasteiger partial charge in [0.25, 0.3) is 0 Å². The molecule has 6 nitrogen and oxygen atoms in total. The van der Waals surface area contributed by atoms with Crippen molar-refractivity contribution in [1.29, 1.82) is 0 Å². The van der Waals surface area contributed by atoms with Crippen molar-refractivity contribution in [2.75, 3.05) is 25.3 Å². The molecule has 0 aliphatic carbocycles. The Morgan fingerprint density at radius 1 is 1.11 bits per heavy atom. The topological polar surface area (TPSA) is 73.3 Å². The van der Waals surface area contributed by atoms with E-state index >= 15 is 0 Å². The zero-order valence-electron chi connectivity index (χ0n) is 15.2. The predicted molar refractivity (Wildman–Crippen MR) is 109 cm³/mol. The largest absolute Gasteiger partial charge is 0.497 e. The molecule has 0 fully saturated rings. The molecule has 1 heterocycles. The predicted octanol–water partition coefficient (Wildman–Crippen LogP) is 4.58. The summed E-state index contributed by atoms with van der Waals surface area (Å²) in [5.41, 5.74) is 2.67. The second-order valence-corrected chi connectivity index (χ2v) is 7.84. The number of Topliss-reactive ketones (excluding diaryl/α,β-unsaturated/α-hetero) is 1. The molecule has 0 radical (unpaired) electrons. The Balaban J connectivity index is 1.61. The summed E-state index contributed by atoms with van der Waals surface area (Å²) in [6.45, 7) is 2.04. The Labute approximate surface area is 165 Å². The molecule has 0 saturated carbocycles. The van der Waals surface area contributed by atoms with E-state index in [1.807, 2.05) is 31.2 Å². The number of ketones is 1.